The minimum atomic E-state index is -0.499. The number of nitrogens with zero attached hydrogens (tertiary/aromatic N) is 1. The van der Waals surface area contributed by atoms with E-state index in [-0.39, 0.29) is 17.8 Å². The van der Waals surface area contributed by atoms with Crippen LogP contribution >= 0.6 is 11.8 Å². The van der Waals surface area contributed by atoms with Gasteiger partial charge in [0, 0.05) is 11.8 Å². The summed E-state index contributed by atoms with van der Waals surface area (Å²) in [6.45, 7) is 1.97. The molecule has 5 nitrogen and oxygen atoms in total. The van der Waals surface area contributed by atoms with E-state index in [0.29, 0.717) is 6.42 Å². The lowest BCUT2D eigenvalue weighted by Crippen LogP contribution is -2.43. The van der Waals surface area contributed by atoms with Crippen molar-refractivity contribution in [1.29, 1.82) is 0 Å². The molecular weight excluding hydrogens is 226 g/mol. The van der Waals surface area contributed by atoms with E-state index in [2.05, 4.69) is 10.5 Å². The fourth-order valence-electron chi connectivity index (χ4n) is 1.72. The third kappa shape index (κ3) is 3.59. The zero-order valence-electron chi connectivity index (χ0n) is 9.48. The summed E-state index contributed by atoms with van der Waals surface area (Å²) in [7, 11) is 0. The molecule has 0 aliphatic carbocycles. The van der Waals surface area contributed by atoms with Crippen molar-refractivity contribution in [2.45, 2.75) is 32.2 Å². The summed E-state index contributed by atoms with van der Waals surface area (Å²) < 4.78 is 0. The van der Waals surface area contributed by atoms with Crippen LogP contribution in [-0.2, 0) is 4.79 Å². The molecule has 0 radical (unpaired) electrons. The monoisotopic (exact) mass is 245 g/mol. The topological polar surface area (TPSA) is 87.7 Å². The smallest absolute Gasteiger partial charge is 0.231 e. The Bertz CT molecular complexity index is 265. The molecule has 92 valence electrons. The predicted molar refractivity (Wildman–Crippen MR) is 65.7 cm³/mol. The van der Waals surface area contributed by atoms with Crippen LogP contribution in [0.1, 0.15) is 26.2 Å². The molecule has 1 amide bonds. The van der Waals surface area contributed by atoms with Gasteiger partial charge in [-0.2, -0.15) is 11.8 Å². The van der Waals surface area contributed by atoms with E-state index in [4.69, 9.17) is 10.9 Å². The quantitative estimate of drug-likeness (QED) is 0.289. The molecule has 1 aliphatic heterocycles. The van der Waals surface area contributed by atoms with E-state index in [1.165, 1.54) is 0 Å². The molecule has 0 aromatic carbocycles. The van der Waals surface area contributed by atoms with Crippen LogP contribution in [0.3, 0.4) is 0 Å². The summed E-state index contributed by atoms with van der Waals surface area (Å²) in [5, 5.41) is 14.5. The van der Waals surface area contributed by atoms with Gasteiger partial charge in [0.25, 0.3) is 0 Å². The molecule has 16 heavy (non-hydrogen) atoms. The predicted octanol–water partition coefficient (Wildman–Crippen LogP) is 0.771. The Morgan fingerprint density at radius 3 is 3.00 bits per heavy atom. The zero-order valence-corrected chi connectivity index (χ0v) is 10.3. The SMILES string of the molecule is CCCC(C(=O)NC1CCSC1)C(N)=NO. The van der Waals surface area contributed by atoms with Gasteiger partial charge < -0.3 is 16.3 Å². The molecule has 0 aromatic rings. The summed E-state index contributed by atoms with van der Waals surface area (Å²) in [5.74, 6) is 1.43. The van der Waals surface area contributed by atoms with Gasteiger partial charge in [0.05, 0.1) is 5.92 Å². The van der Waals surface area contributed by atoms with Gasteiger partial charge in [-0.15, -0.1) is 0 Å². The van der Waals surface area contributed by atoms with Crippen LogP contribution in [0, 0.1) is 5.92 Å². The number of oxime groups is 1. The van der Waals surface area contributed by atoms with Gasteiger partial charge in [-0.25, -0.2) is 0 Å². The molecule has 2 atom stereocenters. The van der Waals surface area contributed by atoms with Crippen LogP contribution in [0.25, 0.3) is 0 Å². The van der Waals surface area contributed by atoms with Gasteiger partial charge >= 0.3 is 0 Å². The molecule has 1 saturated heterocycles. The number of nitrogens with two attached hydrogens (primary N) is 1. The third-order valence-corrected chi connectivity index (χ3v) is 3.80. The second-order valence-corrected chi connectivity index (χ2v) is 5.09. The molecule has 1 aliphatic rings. The summed E-state index contributed by atoms with van der Waals surface area (Å²) in [6, 6.07) is 0.239. The van der Waals surface area contributed by atoms with Gasteiger partial charge in [0.15, 0.2) is 5.84 Å². The number of rotatable bonds is 5. The maximum absolute atomic E-state index is 11.9. The Morgan fingerprint density at radius 2 is 2.50 bits per heavy atom. The first-order chi connectivity index (χ1) is 7.69. The Hall–Kier alpha value is -0.910. The van der Waals surface area contributed by atoms with Gasteiger partial charge in [-0.05, 0) is 18.6 Å². The van der Waals surface area contributed by atoms with Gasteiger partial charge in [-0.3, -0.25) is 4.79 Å². The van der Waals surface area contributed by atoms with Gasteiger partial charge in [-0.1, -0.05) is 18.5 Å². The molecular formula is C10H19N3O2S. The van der Waals surface area contributed by atoms with E-state index >= 15 is 0 Å². The third-order valence-electron chi connectivity index (χ3n) is 2.64. The van der Waals surface area contributed by atoms with Crippen LogP contribution in [0.2, 0.25) is 0 Å². The Balaban J connectivity index is 2.52. The van der Waals surface area contributed by atoms with Crippen LogP contribution in [0.15, 0.2) is 5.16 Å². The normalized spacial score (nSPS) is 23.1. The van der Waals surface area contributed by atoms with E-state index in [1.54, 1.807) is 0 Å². The van der Waals surface area contributed by atoms with E-state index in [9.17, 15) is 4.79 Å². The second-order valence-electron chi connectivity index (χ2n) is 3.94. The zero-order chi connectivity index (χ0) is 12.0. The molecule has 1 rings (SSSR count). The number of nitrogens with one attached hydrogen (secondary N) is 1. The highest BCUT2D eigenvalue weighted by molar-refractivity contribution is 7.99. The number of thioether (sulfide) groups is 1. The number of hydrogen-bond donors (Lipinski definition) is 3. The average Bonchev–Trinajstić information content (AvgIpc) is 2.77. The maximum atomic E-state index is 11.9. The number of carbonyl (C=O) groups excluding carboxylic acids is 1. The van der Waals surface area contributed by atoms with E-state index < -0.39 is 5.92 Å². The summed E-state index contributed by atoms with van der Waals surface area (Å²) >= 11 is 1.84. The number of amides is 1. The largest absolute Gasteiger partial charge is 0.409 e. The molecule has 0 saturated carbocycles. The molecule has 2 unspecified atom stereocenters. The maximum Gasteiger partial charge on any atom is 0.231 e. The Labute approximate surface area is 99.8 Å². The van der Waals surface area contributed by atoms with Crippen LogP contribution < -0.4 is 11.1 Å². The Morgan fingerprint density at radius 1 is 1.75 bits per heavy atom. The van der Waals surface area contributed by atoms with Crippen molar-refractivity contribution in [3.05, 3.63) is 0 Å². The lowest BCUT2D eigenvalue weighted by Gasteiger charge is -2.17. The lowest BCUT2D eigenvalue weighted by molar-refractivity contribution is -0.123. The number of carbonyl (C=O) groups is 1. The molecule has 0 spiro atoms. The van der Waals surface area contributed by atoms with Crippen molar-refractivity contribution in [2.75, 3.05) is 11.5 Å². The fraction of sp³-hybridized carbons (Fsp3) is 0.800. The molecule has 0 bridgehead atoms. The van der Waals surface area contributed by atoms with Crippen molar-refractivity contribution in [3.8, 4) is 0 Å². The lowest BCUT2D eigenvalue weighted by atomic mass is 10.0. The summed E-state index contributed by atoms with van der Waals surface area (Å²) in [6.07, 6.45) is 2.45. The molecule has 0 aromatic heterocycles. The highest BCUT2D eigenvalue weighted by Gasteiger charge is 2.25. The first-order valence-corrected chi connectivity index (χ1v) is 6.70. The van der Waals surface area contributed by atoms with Crippen molar-refractivity contribution in [1.82, 2.24) is 5.32 Å². The van der Waals surface area contributed by atoms with Crippen molar-refractivity contribution < 1.29 is 10.0 Å². The van der Waals surface area contributed by atoms with Gasteiger partial charge in [0.1, 0.15) is 0 Å². The van der Waals surface area contributed by atoms with Crippen molar-refractivity contribution >= 4 is 23.5 Å². The summed E-state index contributed by atoms with van der Waals surface area (Å²) in [5.41, 5.74) is 5.51. The van der Waals surface area contributed by atoms with Crippen molar-refractivity contribution in [3.63, 3.8) is 0 Å². The van der Waals surface area contributed by atoms with E-state index in [0.717, 1.165) is 24.3 Å². The highest BCUT2D eigenvalue weighted by Crippen LogP contribution is 2.18. The molecule has 4 N–H and O–H groups in total. The fourth-order valence-corrected chi connectivity index (χ4v) is 2.87. The van der Waals surface area contributed by atoms with Crippen LogP contribution in [-0.4, -0.2) is 34.5 Å². The van der Waals surface area contributed by atoms with Crippen LogP contribution in [0.5, 0.6) is 0 Å². The first-order valence-electron chi connectivity index (χ1n) is 5.54. The van der Waals surface area contributed by atoms with Gasteiger partial charge in [0.2, 0.25) is 5.91 Å². The average molecular weight is 245 g/mol. The first kappa shape index (κ1) is 13.2. The van der Waals surface area contributed by atoms with Crippen LogP contribution in [0.4, 0.5) is 0 Å². The minimum Gasteiger partial charge on any atom is -0.409 e. The molecule has 1 fully saturated rings. The molecule has 1 heterocycles. The summed E-state index contributed by atoms with van der Waals surface area (Å²) in [4.78, 5) is 11.9. The standard InChI is InChI=1S/C10H19N3O2S/c1-2-3-8(9(11)13-15)10(14)12-7-4-5-16-6-7/h7-8,15H,2-6H2,1H3,(H2,11,13)(H,12,14). The second kappa shape index (κ2) is 6.62. The molecule has 6 heteroatoms. The number of hydrogen-bond acceptors (Lipinski definition) is 4. The number of amidine groups is 1. The Kier molecular flexibility index (Phi) is 5.45. The van der Waals surface area contributed by atoms with Crippen molar-refractivity contribution in [2.24, 2.45) is 16.8 Å². The minimum absolute atomic E-state index is 0.00463. The highest BCUT2D eigenvalue weighted by atomic mass is 32.2. The van der Waals surface area contributed by atoms with E-state index in [1.807, 2.05) is 18.7 Å².